The number of hydrogen-bond acceptors (Lipinski definition) is 4. The molecule has 3 aromatic rings. The van der Waals surface area contributed by atoms with Gasteiger partial charge in [-0.25, -0.2) is 4.99 Å². The minimum atomic E-state index is -1.56. The number of ether oxygens (including phenoxy) is 1. The van der Waals surface area contributed by atoms with Crippen molar-refractivity contribution in [2.75, 3.05) is 7.11 Å². The van der Waals surface area contributed by atoms with E-state index in [1.807, 2.05) is 29.9 Å². The molecule has 4 rings (SSSR count). The standard InChI is InChI=1S/C18H16ClN3O2/c1-22-6-5-10-7-12(24-2)9-14(16(10)22)18(23)13-8-11(19)3-4-15(13)21-17(18)20/h3-9,23H,1-2H3,(H2,20,21). The van der Waals surface area contributed by atoms with Gasteiger partial charge in [-0.15, -0.1) is 0 Å². The molecular formula is C18H16ClN3O2. The lowest BCUT2D eigenvalue weighted by Crippen LogP contribution is -2.40. The van der Waals surface area contributed by atoms with Crippen LogP contribution in [0.5, 0.6) is 5.75 Å². The van der Waals surface area contributed by atoms with Gasteiger partial charge in [-0.05, 0) is 36.4 Å². The zero-order chi connectivity index (χ0) is 17.1. The normalized spacial score (nSPS) is 19.4. The van der Waals surface area contributed by atoms with Crippen LogP contribution >= 0.6 is 11.6 Å². The van der Waals surface area contributed by atoms with E-state index in [1.54, 1.807) is 31.4 Å². The number of aliphatic imine (C=N–C) groups is 1. The molecule has 0 saturated carbocycles. The fourth-order valence-electron chi connectivity index (χ4n) is 3.34. The van der Waals surface area contributed by atoms with Gasteiger partial charge in [0, 0.05) is 34.8 Å². The molecule has 0 radical (unpaired) electrons. The Morgan fingerprint density at radius 2 is 2.00 bits per heavy atom. The van der Waals surface area contributed by atoms with Crippen molar-refractivity contribution < 1.29 is 9.84 Å². The molecule has 0 aliphatic carbocycles. The first kappa shape index (κ1) is 15.1. The molecule has 0 fully saturated rings. The number of aryl methyl sites for hydroxylation is 1. The lowest BCUT2D eigenvalue weighted by Gasteiger charge is -2.26. The van der Waals surface area contributed by atoms with Crippen molar-refractivity contribution in [3.8, 4) is 5.75 Å². The van der Waals surface area contributed by atoms with Crippen LogP contribution < -0.4 is 10.5 Å². The number of amidine groups is 1. The van der Waals surface area contributed by atoms with E-state index in [9.17, 15) is 5.11 Å². The molecule has 0 amide bonds. The van der Waals surface area contributed by atoms with Gasteiger partial charge in [-0.1, -0.05) is 11.6 Å². The third-order valence-corrected chi connectivity index (χ3v) is 4.76. The van der Waals surface area contributed by atoms with Crippen molar-refractivity contribution in [3.63, 3.8) is 0 Å². The molecular weight excluding hydrogens is 326 g/mol. The summed E-state index contributed by atoms with van der Waals surface area (Å²) in [6, 6.07) is 10.9. The highest BCUT2D eigenvalue weighted by Crippen LogP contribution is 2.45. The fourth-order valence-corrected chi connectivity index (χ4v) is 3.51. The van der Waals surface area contributed by atoms with E-state index in [4.69, 9.17) is 22.1 Å². The Morgan fingerprint density at radius 1 is 1.21 bits per heavy atom. The first-order valence-electron chi connectivity index (χ1n) is 7.45. The van der Waals surface area contributed by atoms with Gasteiger partial charge >= 0.3 is 0 Å². The molecule has 0 saturated heterocycles. The van der Waals surface area contributed by atoms with Crippen LogP contribution in [-0.4, -0.2) is 22.6 Å². The number of aliphatic hydroxyl groups is 1. The maximum absolute atomic E-state index is 11.6. The second-order valence-electron chi connectivity index (χ2n) is 5.91. The number of aromatic nitrogens is 1. The monoisotopic (exact) mass is 341 g/mol. The summed E-state index contributed by atoms with van der Waals surface area (Å²) in [7, 11) is 3.51. The Kier molecular flexibility index (Phi) is 3.13. The van der Waals surface area contributed by atoms with E-state index in [0.29, 0.717) is 27.6 Å². The molecule has 1 aromatic heterocycles. The van der Waals surface area contributed by atoms with Crippen molar-refractivity contribution in [3.05, 3.63) is 58.7 Å². The van der Waals surface area contributed by atoms with Gasteiger partial charge in [0.25, 0.3) is 0 Å². The molecule has 2 aromatic carbocycles. The maximum atomic E-state index is 11.6. The number of rotatable bonds is 2. The topological polar surface area (TPSA) is 72.8 Å². The molecule has 3 N–H and O–H groups in total. The molecule has 2 heterocycles. The predicted molar refractivity (Wildman–Crippen MR) is 95.2 cm³/mol. The number of hydrogen-bond donors (Lipinski definition) is 2. The molecule has 24 heavy (non-hydrogen) atoms. The van der Waals surface area contributed by atoms with E-state index >= 15 is 0 Å². The van der Waals surface area contributed by atoms with Crippen molar-refractivity contribution >= 4 is 34.0 Å². The van der Waals surface area contributed by atoms with E-state index in [1.165, 1.54) is 0 Å². The van der Waals surface area contributed by atoms with Gasteiger partial charge in [0.05, 0.1) is 18.3 Å². The average molecular weight is 342 g/mol. The SMILES string of the molecule is COc1cc(C2(O)C(N)=Nc3ccc(Cl)cc32)c2c(ccn2C)c1. The Hall–Kier alpha value is -2.50. The summed E-state index contributed by atoms with van der Waals surface area (Å²) in [6.45, 7) is 0. The molecule has 1 aliphatic rings. The molecule has 122 valence electrons. The van der Waals surface area contributed by atoms with E-state index in [-0.39, 0.29) is 5.84 Å². The van der Waals surface area contributed by atoms with Gasteiger partial charge in [-0.2, -0.15) is 0 Å². The predicted octanol–water partition coefficient (Wildman–Crippen LogP) is 3.08. The van der Waals surface area contributed by atoms with Crippen molar-refractivity contribution in [2.24, 2.45) is 17.8 Å². The smallest absolute Gasteiger partial charge is 0.176 e. The zero-order valence-corrected chi connectivity index (χ0v) is 14.0. The lowest BCUT2D eigenvalue weighted by molar-refractivity contribution is 0.159. The quantitative estimate of drug-likeness (QED) is 0.752. The second kappa shape index (κ2) is 5.00. The van der Waals surface area contributed by atoms with Crippen molar-refractivity contribution in [2.45, 2.75) is 5.60 Å². The van der Waals surface area contributed by atoms with E-state index < -0.39 is 5.60 Å². The third kappa shape index (κ3) is 1.89. The van der Waals surface area contributed by atoms with Gasteiger partial charge in [0.2, 0.25) is 0 Å². The number of nitrogens with zero attached hydrogens (tertiary/aromatic N) is 2. The number of nitrogens with two attached hydrogens (primary N) is 1. The first-order chi connectivity index (χ1) is 11.4. The Bertz CT molecular complexity index is 1010. The molecule has 6 heteroatoms. The zero-order valence-electron chi connectivity index (χ0n) is 13.2. The highest BCUT2D eigenvalue weighted by molar-refractivity contribution is 6.30. The van der Waals surface area contributed by atoms with Crippen LogP contribution in [0.25, 0.3) is 10.9 Å². The average Bonchev–Trinajstić information content (AvgIpc) is 3.06. The summed E-state index contributed by atoms with van der Waals surface area (Å²) >= 11 is 6.14. The highest BCUT2D eigenvalue weighted by atomic mass is 35.5. The van der Waals surface area contributed by atoms with Crippen LogP contribution in [0.4, 0.5) is 5.69 Å². The van der Waals surface area contributed by atoms with Crippen LogP contribution in [0, 0.1) is 0 Å². The third-order valence-electron chi connectivity index (χ3n) is 4.53. The van der Waals surface area contributed by atoms with Crippen LogP contribution in [0.1, 0.15) is 11.1 Å². The highest BCUT2D eigenvalue weighted by Gasteiger charge is 2.44. The Morgan fingerprint density at radius 3 is 2.75 bits per heavy atom. The molecule has 5 nitrogen and oxygen atoms in total. The van der Waals surface area contributed by atoms with Gasteiger partial charge in [0.15, 0.2) is 5.60 Å². The first-order valence-corrected chi connectivity index (χ1v) is 7.83. The number of halogens is 1. The molecule has 0 spiro atoms. The van der Waals surface area contributed by atoms with Crippen LogP contribution in [-0.2, 0) is 12.6 Å². The Labute approximate surface area is 143 Å². The number of benzene rings is 2. The summed E-state index contributed by atoms with van der Waals surface area (Å²) in [5, 5.41) is 13.0. The summed E-state index contributed by atoms with van der Waals surface area (Å²) < 4.78 is 7.34. The minimum absolute atomic E-state index is 0.121. The molecule has 1 aliphatic heterocycles. The van der Waals surface area contributed by atoms with Gasteiger partial charge in [-0.3, -0.25) is 0 Å². The second-order valence-corrected chi connectivity index (χ2v) is 6.34. The van der Waals surface area contributed by atoms with E-state index in [2.05, 4.69) is 4.99 Å². The summed E-state index contributed by atoms with van der Waals surface area (Å²) in [4.78, 5) is 4.33. The Balaban J connectivity index is 2.10. The molecule has 0 bridgehead atoms. The molecule has 1 atom stereocenters. The fraction of sp³-hybridized carbons (Fsp3) is 0.167. The summed E-state index contributed by atoms with van der Waals surface area (Å²) in [5.74, 6) is 0.760. The van der Waals surface area contributed by atoms with Gasteiger partial charge < -0.3 is 20.1 Å². The van der Waals surface area contributed by atoms with Crippen molar-refractivity contribution in [1.82, 2.24) is 4.57 Å². The lowest BCUT2D eigenvalue weighted by atomic mass is 9.85. The van der Waals surface area contributed by atoms with Crippen LogP contribution in [0.2, 0.25) is 5.02 Å². The van der Waals surface area contributed by atoms with Crippen molar-refractivity contribution in [1.29, 1.82) is 0 Å². The minimum Gasteiger partial charge on any atom is -0.497 e. The summed E-state index contributed by atoms with van der Waals surface area (Å²) in [5.41, 5.74) is 7.27. The van der Waals surface area contributed by atoms with Crippen LogP contribution in [0.15, 0.2) is 47.6 Å². The largest absolute Gasteiger partial charge is 0.497 e. The van der Waals surface area contributed by atoms with Crippen LogP contribution in [0.3, 0.4) is 0 Å². The van der Waals surface area contributed by atoms with Gasteiger partial charge in [0.1, 0.15) is 11.6 Å². The maximum Gasteiger partial charge on any atom is 0.176 e. The number of methoxy groups -OCH3 is 1. The molecule has 1 unspecified atom stereocenters. The number of fused-ring (bicyclic) bond motifs is 2. The van der Waals surface area contributed by atoms with E-state index in [0.717, 1.165) is 10.9 Å². The summed E-state index contributed by atoms with van der Waals surface area (Å²) in [6.07, 6.45) is 1.93.